The predicted molar refractivity (Wildman–Crippen MR) is 54.4 cm³/mol. The molecule has 1 fully saturated rings. The minimum absolute atomic E-state index is 0.252. The van der Waals surface area contributed by atoms with Gasteiger partial charge in [-0.1, -0.05) is 11.6 Å². The number of aromatic nitrogens is 2. The standard InChI is InChI=1S/C9H11ClFN3O/c1-15-6-2-5(3-6)13-8-7(10)4-12-9(11)14-8/h4-6H,2-3H2,1H3,(H,12,13,14). The molecule has 82 valence electrons. The fraction of sp³-hybridized carbons (Fsp3) is 0.556. The second-order valence-corrected chi connectivity index (χ2v) is 3.91. The molecule has 1 aromatic rings. The summed E-state index contributed by atoms with van der Waals surface area (Å²) >= 11 is 5.81. The average Bonchev–Trinajstić information content (AvgIpc) is 2.16. The molecule has 0 spiro atoms. The molecule has 2 rings (SSSR count). The van der Waals surface area contributed by atoms with Crippen LogP contribution in [0.1, 0.15) is 12.8 Å². The Labute approximate surface area is 91.8 Å². The van der Waals surface area contributed by atoms with Crippen molar-refractivity contribution in [3.8, 4) is 0 Å². The Hall–Kier alpha value is -0.940. The monoisotopic (exact) mass is 231 g/mol. The van der Waals surface area contributed by atoms with E-state index in [9.17, 15) is 4.39 Å². The SMILES string of the molecule is COC1CC(Nc2nc(F)ncc2Cl)C1. The normalized spacial score (nSPS) is 24.7. The average molecular weight is 232 g/mol. The van der Waals surface area contributed by atoms with E-state index in [2.05, 4.69) is 15.3 Å². The van der Waals surface area contributed by atoms with Gasteiger partial charge in [-0.2, -0.15) is 9.37 Å². The molecule has 1 heterocycles. The van der Waals surface area contributed by atoms with Crippen molar-refractivity contribution in [1.82, 2.24) is 9.97 Å². The first-order chi connectivity index (χ1) is 7.19. The van der Waals surface area contributed by atoms with Gasteiger partial charge in [0, 0.05) is 13.2 Å². The van der Waals surface area contributed by atoms with Crippen LogP contribution in [-0.4, -0.2) is 29.2 Å². The fourth-order valence-electron chi connectivity index (χ4n) is 1.52. The molecule has 0 bridgehead atoms. The Bertz CT molecular complexity index is 357. The highest BCUT2D eigenvalue weighted by molar-refractivity contribution is 6.32. The summed E-state index contributed by atoms with van der Waals surface area (Å²) in [5, 5.41) is 3.38. The first-order valence-corrected chi connectivity index (χ1v) is 5.04. The van der Waals surface area contributed by atoms with Crippen LogP contribution in [-0.2, 0) is 4.74 Å². The lowest BCUT2D eigenvalue weighted by Crippen LogP contribution is -2.40. The van der Waals surface area contributed by atoms with E-state index in [0.717, 1.165) is 12.8 Å². The molecule has 1 N–H and O–H groups in total. The molecule has 0 aliphatic heterocycles. The zero-order chi connectivity index (χ0) is 10.8. The molecule has 4 nitrogen and oxygen atoms in total. The first kappa shape index (κ1) is 10.6. The molecule has 0 unspecified atom stereocenters. The van der Waals surface area contributed by atoms with Crippen molar-refractivity contribution >= 4 is 17.4 Å². The van der Waals surface area contributed by atoms with Gasteiger partial charge < -0.3 is 10.1 Å². The van der Waals surface area contributed by atoms with Crippen LogP contribution in [0.3, 0.4) is 0 Å². The van der Waals surface area contributed by atoms with Gasteiger partial charge >= 0.3 is 6.08 Å². The summed E-state index contributed by atoms with van der Waals surface area (Å²) in [6.07, 6.45) is 2.53. The smallest absolute Gasteiger partial charge is 0.310 e. The van der Waals surface area contributed by atoms with E-state index in [4.69, 9.17) is 16.3 Å². The molecule has 1 aromatic heterocycles. The maximum absolute atomic E-state index is 12.7. The van der Waals surface area contributed by atoms with E-state index in [-0.39, 0.29) is 12.1 Å². The quantitative estimate of drug-likeness (QED) is 0.807. The maximum Gasteiger partial charge on any atom is 0.310 e. The van der Waals surface area contributed by atoms with Gasteiger partial charge in [-0.15, -0.1) is 0 Å². The summed E-state index contributed by atoms with van der Waals surface area (Å²) in [5.74, 6) is 0.351. The van der Waals surface area contributed by atoms with Crippen molar-refractivity contribution in [2.24, 2.45) is 0 Å². The third kappa shape index (κ3) is 2.35. The van der Waals surface area contributed by atoms with E-state index >= 15 is 0 Å². The molecule has 0 atom stereocenters. The topological polar surface area (TPSA) is 47.0 Å². The van der Waals surface area contributed by atoms with Gasteiger partial charge in [0.15, 0.2) is 5.82 Å². The molecule has 0 radical (unpaired) electrons. The van der Waals surface area contributed by atoms with E-state index < -0.39 is 6.08 Å². The molecule has 6 heteroatoms. The summed E-state index contributed by atoms with van der Waals surface area (Å²) in [6.45, 7) is 0. The number of anilines is 1. The molecule has 15 heavy (non-hydrogen) atoms. The zero-order valence-electron chi connectivity index (χ0n) is 8.20. The van der Waals surface area contributed by atoms with Gasteiger partial charge in [0.25, 0.3) is 0 Å². The van der Waals surface area contributed by atoms with Crippen LogP contribution < -0.4 is 5.32 Å². The van der Waals surface area contributed by atoms with Crippen molar-refractivity contribution in [3.63, 3.8) is 0 Å². The fourth-order valence-corrected chi connectivity index (χ4v) is 1.66. The van der Waals surface area contributed by atoms with Gasteiger partial charge in [-0.05, 0) is 12.8 Å². The Morgan fingerprint density at radius 1 is 1.60 bits per heavy atom. The van der Waals surface area contributed by atoms with Crippen LogP contribution in [0.25, 0.3) is 0 Å². The lowest BCUT2D eigenvalue weighted by atomic mass is 9.89. The van der Waals surface area contributed by atoms with Gasteiger partial charge in [-0.25, -0.2) is 4.98 Å². The highest BCUT2D eigenvalue weighted by Crippen LogP contribution is 2.28. The summed E-state index contributed by atoms with van der Waals surface area (Å²) in [4.78, 5) is 6.93. The first-order valence-electron chi connectivity index (χ1n) is 4.66. The van der Waals surface area contributed by atoms with Gasteiger partial charge in [0.1, 0.15) is 5.02 Å². The Morgan fingerprint density at radius 2 is 2.33 bits per heavy atom. The third-order valence-electron chi connectivity index (χ3n) is 2.48. The number of rotatable bonds is 3. The number of methoxy groups -OCH3 is 1. The Kier molecular flexibility index (Phi) is 3.02. The van der Waals surface area contributed by atoms with E-state index in [1.807, 2.05) is 0 Å². The van der Waals surface area contributed by atoms with Crippen LogP contribution >= 0.6 is 11.6 Å². The summed E-state index contributed by atoms with van der Waals surface area (Å²) < 4.78 is 17.8. The molecule has 0 saturated heterocycles. The van der Waals surface area contributed by atoms with Crippen molar-refractivity contribution in [2.75, 3.05) is 12.4 Å². The highest BCUT2D eigenvalue weighted by atomic mass is 35.5. The van der Waals surface area contributed by atoms with E-state index in [1.54, 1.807) is 7.11 Å². The largest absolute Gasteiger partial charge is 0.381 e. The van der Waals surface area contributed by atoms with Gasteiger partial charge in [0.05, 0.1) is 12.3 Å². The second kappa shape index (κ2) is 4.28. The number of nitrogens with one attached hydrogen (secondary N) is 1. The number of hydrogen-bond donors (Lipinski definition) is 1. The van der Waals surface area contributed by atoms with Crippen molar-refractivity contribution in [3.05, 3.63) is 17.3 Å². The van der Waals surface area contributed by atoms with Crippen molar-refractivity contribution in [2.45, 2.75) is 25.0 Å². The minimum atomic E-state index is -0.774. The van der Waals surface area contributed by atoms with Crippen LogP contribution in [0, 0.1) is 6.08 Å². The van der Waals surface area contributed by atoms with Gasteiger partial charge in [-0.3, -0.25) is 0 Å². The van der Waals surface area contributed by atoms with Crippen LogP contribution in [0.15, 0.2) is 6.20 Å². The molecule has 0 amide bonds. The van der Waals surface area contributed by atoms with Crippen molar-refractivity contribution < 1.29 is 9.13 Å². The molecule has 1 aliphatic rings. The number of ether oxygens (including phenoxy) is 1. The molecule has 1 aliphatic carbocycles. The third-order valence-corrected chi connectivity index (χ3v) is 2.76. The predicted octanol–water partition coefficient (Wildman–Crippen LogP) is 1.86. The van der Waals surface area contributed by atoms with E-state index in [1.165, 1.54) is 6.20 Å². The van der Waals surface area contributed by atoms with E-state index in [0.29, 0.717) is 10.8 Å². The summed E-state index contributed by atoms with van der Waals surface area (Å²) in [5.41, 5.74) is 0. The number of nitrogens with zero attached hydrogens (tertiary/aromatic N) is 2. The number of halogens is 2. The minimum Gasteiger partial charge on any atom is -0.381 e. The summed E-state index contributed by atoms with van der Waals surface area (Å²) in [7, 11) is 1.68. The zero-order valence-corrected chi connectivity index (χ0v) is 8.96. The Balaban J connectivity index is 1.97. The van der Waals surface area contributed by atoms with Gasteiger partial charge in [0.2, 0.25) is 0 Å². The second-order valence-electron chi connectivity index (χ2n) is 3.51. The molecule has 0 aromatic carbocycles. The van der Waals surface area contributed by atoms with Crippen molar-refractivity contribution in [1.29, 1.82) is 0 Å². The summed E-state index contributed by atoms with van der Waals surface area (Å²) in [6, 6.07) is 0.252. The lowest BCUT2D eigenvalue weighted by Gasteiger charge is -2.34. The molecular formula is C9H11ClFN3O. The maximum atomic E-state index is 12.7. The highest BCUT2D eigenvalue weighted by Gasteiger charge is 2.29. The number of hydrogen-bond acceptors (Lipinski definition) is 4. The van der Waals surface area contributed by atoms with Crippen LogP contribution in [0.4, 0.5) is 10.2 Å². The lowest BCUT2D eigenvalue weighted by molar-refractivity contribution is 0.0328. The van der Waals surface area contributed by atoms with Crippen LogP contribution in [0.5, 0.6) is 0 Å². The molecular weight excluding hydrogens is 221 g/mol. The Morgan fingerprint density at radius 3 is 3.00 bits per heavy atom. The van der Waals surface area contributed by atoms with Crippen LogP contribution in [0.2, 0.25) is 5.02 Å². The molecule has 1 saturated carbocycles.